The number of aromatic nitrogens is 5. The van der Waals surface area contributed by atoms with E-state index in [0.29, 0.717) is 5.56 Å². The maximum atomic E-state index is 13.1. The van der Waals surface area contributed by atoms with Gasteiger partial charge in [-0.2, -0.15) is 17.9 Å². The van der Waals surface area contributed by atoms with Crippen molar-refractivity contribution in [1.82, 2.24) is 24.7 Å². The van der Waals surface area contributed by atoms with E-state index in [9.17, 15) is 21.6 Å². The van der Waals surface area contributed by atoms with Crippen LogP contribution in [0.15, 0.2) is 35.5 Å². The van der Waals surface area contributed by atoms with E-state index in [2.05, 4.69) is 20.1 Å². The molecule has 0 saturated carbocycles. The molecule has 0 N–H and O–H groups in total. The number of halogens is 3. The fourth-order valence-corrected chi connectivity index (χ4v) is 2.74. The molecule has 0 aliphatic carbocycles. The zero-order valence-electron chi connectivity index (χ0n) is 14.5. The summed E-state index contributed by atoms with van der Waals surface area (Å²) in [6.07, 6.45) is -1.76. The van der Waals surface area contributed by atoms with Gasteiger partial charge in [0.05, 0.1) is 12.4 Å². The van der Waals surface area contributed by atoms with Crippen molar-refractivity contribution in [3.63, 3.8) is 0 Å². The van der Waals surface area contributed by atoms with Crippen LogP contribution in [0.5, 0.6) is 0 Å². The van der Waals surface area contributed by atoms with Crippen LogP contribution in [0.1, 0.15) is 17.0 Å². The Labute approximate surface area is 152 Å². The topological polar surface area (TPSA) is 90.6 Å². The molecule has 0 fully saturated rings. The summed E-state index contributed by atoms with van der Waals surface area (Å²) in [5.41, 5.74) is 2.23. The molecule has 3 aromatic rings. The van der Waals surface area contributed by atoms with Gasteiger partial charge in [-0.1, -0.05) is 12.1 Å². The van der Waals surface area contributed by atoms with Crippen molar-refractivity contribution in [2.45, 2.75) is 24.9 Å². The number of alkyl halides is 3. The van der Waals surface area contributed by atoms with Crippen molar-refractivity contribution >= 4 is 9.84 Å². The van der Waals surface area contributed by atoms with Crippen LogP contribution in [0, 0.1) is 13.8 Å². The summed E-state index contributed by atoms with van der Waals surface area (Å²) in [4.78, 5) is 11.1. The molecule has 0 amide bonds. The fraction of sp³-hybridized carbons (Fsp3) is 0.250. The lowest BCUT2D eigenvalue weighted by molar-refractivity contribution is -0.144. The summed E-state index contributed by atoms with van der Waals surface area (Å²) in [6, 6.07) is 5.05. The van der Waals surface area contributed by atoms with Gasteiger partial charge in [0.15, 0.2) is 15.7 Å². The molecule has 2 aromatic heterocycles. The number of rotatable bonds is 3. The van der Waals surface area contributed by atoms with Crippen molar-refractivity contribution in [2.75, 3.05) is 6.26 Å². The summed E-state index contributed by atoms with van der Waals surface area (Å²) in [5.74, 6) is -1.66. The second kappa shape index (κ2) is 6.41. The molecular weight excluding hydrogens is 383 g/mol. The third kappa shape index (κ3) is 3.82. The van der Waals surface area contributed by atoms with Gasteiger partial charge in [0.25, 0.3) is 11.8 Å². The molecule has 0 aliphatic heterocycles. The first-order chi connectivity index (χ1) is 12.5. The number of nitrogens with zero attached hydrogens (tertiary/aromatic N) is 5. The van der Waals surface area contributed by atoms with Gasteiger partial charge < -0.3 is 0 Å². The molecule has 7 nitrogen and oxygen atoms in total. The average Bonchev–Trinajstić information content (AvgIpc) is 3.02. The molecule has 0 bridgehead atoms. The largest absolute Gasteiger partial charge is 0.453 e. The second-order valence-corrected chi connectivity index (χ2v) is 7.97. The highest BCUT2D eigenvalue weighted by atomic mass is 32.2. The van der Waals surface area contributed by atoms with Crippen LogP contribution in [0.2, 0.25) is 0 Å². The lowest BCUT2D eigenvalue weighted by Gasteiger charge is -2.07. The molecule has 2 heterocycles. The molecule has 0 saturated heterocycles. The van der Waals surface area contributed by atoms with Gasteiger partial charge in [-0.15, -0.1) is 5.10 Å². The Hall–Kier alpha value is -2.82. The molecule has 0 unspecified atom stereocenters. The smallest absolute Gasteiger partial charge is 0.224 e. The van der Waals surface area contributed by atoms with Crippen LogP contribution >= 0.6 is 0 Å². The van der Waals surface area contributed by atoms with Crippen molar-refractivity contribution in [3.8, 4) is 17.3 Å². The minimum absolute atomic E-state index is 0.0995. The first-order valence-corrected chi connectivity index (χ1v) is 9.50. The summed E-state index contributed by atoms with van der Waals surface area (Å²) in [5, 5.41) is 3.48. The molecule has 27 heavy (non-hydrogen) atoms. The quantitative estimate of drug-likeness (QED) is 0.675. The van der Waals surface area contributed by atoms with Crippen LogP contribution in [0.3, 0.4) is 0 Å². The average molecular weight is 397 g/mol. The third-order valence-corrected chi connectivity index (χ3v) is 4.93. The highest BCUT2D eigenvalue weighted by Gasteiger charge is 2.37. The molecule has 0 aliphatic rings. The monoisotopic (exact) mass is 397 g/mol. The Balaban J connectivity index is 2.19. The normalized spacial score (nSPS) is 12.4. The number of hydrogen-bond acceptors (Lipinski definition) is 6. The van der Waals surface area contributed by atoms with Gasteiger partial charge in [0.2, 0.25) is 0 Å². The maximum absolute atomic E-state index is 13.1. The molecule has 0 radical (unpaired) electrons. The van der Waals surface area contributed by atoms with E-state index in [1.165, 1.54) is 0 Å². The summed E-state index contributed by atoms with van der Waals surface area (Å²) in [6.45, 7) is 3.69. The molecule has 142 valence electrons. The van der Waals surface area contributed by atoms with E-state index in [1.54, 1.807) is 18.2 Å². The zero-order valence-corrected chi connectivity index (χ0v) is 15.3. The number of benzene rings is 1. The summed E-state index contributed by atoms with van der Waals surface area (Å²) < 4.78 is 63.2. The van der Waals surface area contributed by atoms with Crippen LogP contribution in [0.4, 0.5) is 13.2 Å². The van der Waals surface area contributed by atoms with Gasteiger partial charge in [0.1, 0.15) is 4.90 Å². The first kappa shape index (κ1) is 19.0. The molecular formula is C16H14F3N5O2S. The van der Waals surface area contributed by atoms with Gasteiger partial charge >= 0.3 is 6.18 Å². The standard InChI is InChI=1S/C16H14F3N5O2S/c1-9-4-5-11(6-10(9)2)13-22-14(16(17,18)19)23-24(13)15-20-7-12(8-21-15)27(3,25)26/h4-8H,1-3H3. The maximum Gasteiger partial charge on any atom is 0.453 e. The van der Waals surface area contributed by atoms with E-state index < -0.39 is 21.8 Å². The lowest BCUT2D eigenvalue weighted by atomic mass is 10.1. The Morgan fingerprint density at radius 3 is 2.19 bits per heavy atom. The predicted octanol–water partition coefficient (Wildman–Crippen LogP) is 2.76. The second-order valence-electron chi connectivity index (χ2n) is 5.96. The van der Waals surface area contributed by atoms with E-state index in [-0.39, 0.29) is 16.7 Å². The van der Waals surface area contributed by atoms with Gasteiger partial charge in [-0.3, -0.25) is 0 Å². The van der Waals surface area contributed by atoms with Crippen molar-refractivity contribution < 1.29 is 21.6 Å². The summed E-state index contributed by atoms with van der Waals surface area (Å²) in [7, 11) is -3.54. The van der Waals surface area contributed by atoms with Crippen LogP contribution in [-0.4, -0.2) is 39.4 Å². The summed E-state index contributed by atoms with van der Waals surface area (Å²) >= 11 is 0. The van der Waals surface area contributed by atoms with Gasteiger partial charge in [0, 0.05) is 11.8 Å². The van der Waals surface area contributed by atoms with E-state index in [4.69, 9.17) is 0 Å². The Bertz CT molecular complexity index is 1110. The van der Waals surface area contributed by atoms with Crippen LogP contribution in [0.25, 0.3) is 17.3 Å². The predicted molar refractivity (Wildman–Crippen MR) is 90.0 cm³/mol. The van der Waals surface area contributed by atoms with Gasteiger partial charge in [-0.05, 0) is 31.0 Å². The van der Waals surface area contributed by atoms with Crippen molar-refractivity contribution in [2.24, 2.45) is 0 Å². The van der Waals surface area contributed by atoms with Crippen molar-refractivity contribution in [3.05, 3.63) is 47.5 Å². The minimum atomic E-state index is -4.76. The Morgan fingerprint density at radius 2 is 1.67 bits per heavy atom. The van der Waals surface area contributed by atoms with Crippen LogP contribution < -0.4 is 0 Å². The Morgan fingerprint density at radius 1 is 1.04 bits per heavy atom. The zero-order chi connectivity index (χ0) is 20.0. The molecule has 3 rings (SSSR count). The van der Waals surface area contributed by atoms with E-state index >= 15 is 0 Å². The van der Waals surface area contributed by atoms with Gasteiger partial charge in [-0.25, -0.2) is 23.4 Å². The third-order valence-electron chi connectivity index (χ3n) is 3.86. The number of hydrogen-bond donors (Lipinski definition) is 0. The fourth-order valence-electron chi connectivity index (χ4n) is 2.25. The first-order valence-electron chi connectivity index (χ1n) is 7.61. The number of aryl methyl sites for hydroxylation is 2. The highest BCUT2D eigenvalue weighted by molar-refractivity contribution is 7.90. The molecule has 11 heteroatoms. The molecule has 0 atom stereocenters. The number of sulfone groups is 1. The minimum Gasteiger partial charge on any atom is -0.224 e. The lowest BCUT2D eigenvalue weighted by Crippen LogP contribution is -2.10. The SMILES string of the molecule is Cc1ccc(-c2nc(C(F)(F)F)nn2-c2ncc(S(C)(=O)=O)cn2)cc1C. The van der Waals surface area contributed by atoms with E-state index in [1.807, 2.05) is 13.8 Å². The Kier molecular flexibility index (Phi) is 4.50. The van der Waals surface area contributed by atoms with Crippen LogP contribution in [-0.2, 0) is 16.0 Å². The molecule has 0 spiro atoms. The van der Waals surface area contributed by atoms with E-state index in [0.717, 1.165) is 34.5 Å². The highest BCUT2D eigenvalue weighted by Crippen LogP contribution is 2.30. The van der Waals surface area contributed by atoms with Crippen molar-refractivity contribution in [1.29, 1.82) is 0 Å². The molecule has 1 aromatic carbocycles.